The highest BCUT2D eigenvalue weighted by atomic mass is 16.1. The Kier molecular flexibility index (Phi) is 1.51. The summed E-state index contributed by atoms with van der Waals surface area (Å²) in [6.45, 7) is 2.01. The molecule has 3 aromatic rings. The number of pyridine rings is 1. The first-order valence-electron chi connectivity index (χ1n) is 4.85. The first-order chi connectivity index (χ1) is 7.25. The number of aromatic nitrogens is 2. The Morgan fingerprint density at radius 2 is 2.00 bits per heavy atom. The van der Waals surface area contributed by atoms with Gasteiger partial charge in [0.1, 0.15) is 0 Å². The van der Waals surface area contributed by atoms with E-state index in [1.165, 1.54) is 0 Å². The Labute approximate surface area is 85.8 Å². The van der Waals surface area contributed by atoms with Crippen molar-refractivity contribution in [3.8, 4) is 0 Å². The van der Waals surface area contributed by atoms with Crippen molar-refractivity contribution in [2.45, 2.75) is 6.92 Å². The third kappa shape index (κ3) is 1.09. The van der Waals surface area contributed by atoms with Crippen molar-refractivity contribution in [2.24, 2.45) is 0 Å². The molecule has 3 rings (SSSR count). The number of H-pyrrole nitrogens is 2. The van der Waals surface area contributed by atoms with E-state index in [0.29, 0.717) is 5.39 Å². The Morgan fingerprint density at radius 1 is 1.13 bits per heavy atom. The average Bonchev–Trinajstić information content (AvgIpc) is 2.66. The molecule has 0 saturated heterocycles. The Morgan fingerprint density at radius 3 is 2.87 bits per heavy atom. The molecule has 0 amide bonds. The Balaban J connectivity index is 2.66. The lowest BCUT2D eigenvalue weighted by molar-refractivity contribution is 1.33. The van der Waals surface area contributed by atoms with Gasteiger partial charge in [-0.15, -0.1) is 0 Å². The van der Waals surface area contributed by atoms with E-state index in [9.17, 15) is 4.79 Å². The number of hydrogen-bond acceptors (Lipinski definition) is 1. The molecule has 0 spiro atoms. The third-order valence-corrected chi connectivity index (χ3v) is 2.68. The van der Waals surface area contributed by atoms with E-state index >= 15 is 0 Å². The van der Waals surface area contributed by atoms with Crippen LogP contribution < -0.4 is 5.56 Å². The standard InChI is InChI=1S/C12H10N2O/c1-7-2-3-8-10(6-7)14-12(15)9-4-5-13-11(8)9/h2-6,13H,1H3,(H,14,15). The minimum Gasteiger partial charge on any atom is -0.360 e. The maximum absolute atomic E-state index is 11.7. The van der Waals surface area contributed by atoms with Crippen molar-refractivity contribution < 1.29 is 0 Å². The summed E-state index contributed by atoms with van der Waals surface area (Å²) >= 11 is 0. The van der Waals surface area contributed by atoms with Crippen LogP contribution in [0.25, 0.3) is 21.8 Å². The zero-order chi connectivity index (χ0) is 10.4. The Bertz CT molecular complexity index is 706. The van der Waals surface area contributed by atoms with Crippen LogP contribution in [-0.2, 0) is 0 Å². The van der Waals surface area contributed by atoms with Crippen molar-refractivity contribution in [1.82, 2.24) is 9.97 Å². The van der Waals surface area contributed by atoms with Crippen molar-refractivity contribution in [1.29, 1.82) is 0 Å². The second-order valence-corrected chi connectivity index (χ2v) is 3.77. The number of fused-ring (bicyclic) bond motifs is 3. The number of hydrogen-bond donors (Lipinski definition) is 2. The molecule has 3 nitrogen and oxygen atoms in total. The maximum Gasteiger partial charge on any atom is 0.257 e. The van der Waals surface area contributed by atoms with Crippen LogP contribution in [0.5, 0.6) is 0 Å². The van der Waals surface area contributed by atoms with E-state index in [-0.39, 0.29) is 5.56 Å². The normalized spacial score (nSPS) is 11.3. The van der Waals surface area contributed by atoms with E-state index in [1.54, 1.807) is 12.3 Å². The van der Waals surface area contributed by atoms with Crippen LogP contribution >= 0.6 is 0 Å². The molecule has 0 aliphatic carbocycles. The first kappa shape index (κ1) is 8.29. The quantitative estimate of drug-likeness (QED) is 0.572. The van der Waals surface area contributed by atoms with Crippen LogP contribution in [0, 0.1) is 6.92 Å². The molecule has 0 saturated carbocycles. The molecule has 74 valence electrons. The van der Waals surface area contributed by atoms with Crippen molar-refractivity contribution in [3.05, 3.63) is 46.4 Å². The Hall–Kier alpha value is -2.03. The lowest BCUT2D eigenvalue weighted by atomic mass is 10.1. The highest BCUT2D eigenvalue weighted by Crippen LogP contribution is 2.20. The fourth-order valence-corrected chi connectivity index (χ4v) is 1.95. The van der Waals surface area contributed by atoms with Crippen LogP contribution in [0.1, 0.15) is 5.56 Å². The highest BCUT2D eigenvalue weighted by Gasteiger charge is 2.04. The molecule has 3 heteroatoms. The zero-order valence-electron chi connectivity index (χ0n) is 8.29. The van der Waals surface area contributed by atoms with E-state index < -0.39 is 0 Å². The number of aryl methyl sites for hydroxylation is 1. The number of nitrogens with one attached hydrogen (secondary N) is 2. The molecule has 2 N–H and O–H groups in total. The fourth-order valence-electron chi connectivity index (χ4n) is 1.95. The largest absolute Gasteiger partial charge is 0.360 e. The minimum atomic E-state index is -0.0376. The van der Waals surface area contributed by atoms with Gasteiger partial charge >= 0.3 is 0 Å². The van der Waals surface area contributed by atoms with E-state index in [4.69, 9.17) is 0 Å². The van der Waals surface area contributed by atoms with E-state index in [1.807, 2.05) is 25.1 Å². The predicted octanol–water partition coefficient (Wildman–Crippen LogP) is 2.32. The molecule has 0 fully saturated rings. The van der Waals surface area contributed by atoms with Crippen molar-refractivity contribution in [3.63, 3.8) is 0 Å². The van der Waals surface area contributed by atoms with Gasteiger partial charge in [-0.05, 0) is 24.6 Å². The topological polar surface area (TPSA) is 48.6 Å². The second kappa shape index (κ2) is 2.73. The molecule has 15 heavy (non-hydrogen) atoms. The highest BCUT2D eigenvalue weighted by molar-refractivity contribution is 6.03. The molecule has 0 unspecified atom stereocenters. The van der Waals surface area contributed by atoms with Crippen molar-refractivity contribution in [2.75, 3.05) is 0 Å². The molecule has 2 aromatic heterocycles. The van der Waals surface area contributed by atoms with Gasteiger partial charge in [0.15, 0.2) is 0 Å². The van der Waals surface area contributed by atoms with Crippen LogP contribution in [-0.4, -0.2) is 9.97 Å². The van der Waals surface area contributed by atoms with Crippen LogP contribution in [0.15, 0.2) is 35.3 Å². The lowest BCUT2D eigenvalue weighted by Crippen LogP contribution is -2.05. The molecule has 2 heterocycles. The molecule has 0 aliphatic heterocycles. The van der Waals surface area contributed by atoms with Gasteiger partial charge in [-0.2, -0.15) is 0 Å². The fraction of sp³-hybridized carbons (Fsp3) is 0.0833. The molecule has 1 aromatic carbocycles. The predicted molar refractivity (Wildman–Crippen MR) is 61.2 cm³/mol. The summed E-state index contributed by atoms with van der Waals surface area (Å²) in [6.07, 6.45) is 1.79. The van der Waals surface area contributed by atoms with E-state index in [0.717, 1.165) is 22.0 Å². The van der Waals surface area contributed by atoms with Crippen LogP contribution in [0.4, 0.5) is 0 Å². The smallest absolute Gasteiger partial charge is 0.257 e. The summed E-state index contributed by atoms with van der Waals surface area (Å²) in [5.74, 6) is 0. The van der Waals surface area contributed by atoms with Gasteiger partial charge in [0.2, 0.25) is 0 Å². The maximum atomic E-state index is 11.7. The van der Waals surface area contributed by atoms with Gasteiger partial charge in [0, 0.05) is 11.6 Å². The summed E-state index contributed by atoms with van der Waals surface area (Å²) in [4.78, 5) is 17.7. The summed E-state index contributed by atoms with van der Waals surface area (Å²) < 4.78 is 0. The number of benzene rings is 1. The van der Waals surface area contributed by atoms with Gasteiger partial charge in [-0.1, -0.05) is 12.1 Å². The molecular formula is C12H10N2O. The zero-order valence-corrected chi connectivity index (χ0v) is 8.29. The van der Waals surface area contributed by atoms with Crippen molar-refractivity contribution >= 4 is 21.8 Å². The van der Waals surface area contributed by atoms with Crippen LogP contribution in [0.2, 0.25) is 0 Å². The summed E-state index contributed by atoms with van der Waals surface area (Å²) in [5, 5.41) is 1.77. The van der Waals surface area contributed by atoms with Gasteiger partial charge in [-0.25, -0.2) is 0 Å². The second-order valence-electron chi connectivity index (χ2n) is 3.77. The van der Waals surface area contributed by atoms with Gasteiger partial charge in [0.25, 0.3) is 5.56 Å². The SMILES string of the molecule is Cc1ccc2c(c1)[nH]c(=O)c1cc[nH]c12. The average molecular weight is 198 g/mol. The molecule has 0 atom stereocenters. The number of rotatable bonds is 0. The van der Waals surface area contributed by atoms with Gasteiger partial charge in [0.05, 0.1) is 16.4 Å². The number of aromatic amines is 2. The monoisotopic (exact) mass is 198 g/mol. The summed E-state index contributed by atoms with van der Waals surface area (Å²) in [7, 11) is 0. The minimum absolute atomic E-state index is 0.0376. The molecule has 0 radical (unpaired) electrons. The molecule has 0 bridgehead atoms. The van der Waals surface area contributed by atoms with Crippen LogP contribution in [0.3, 0.4) is 0 Å². The third-order valence-electron chi connectivity index (χ3n) is 2.68. The first-order valence-corrected chi connectivity index (χ1v) is 4.85. The molecule has 0 aliphatic rings. The van der Waals surface area contributed by atoms with E-state index in [2.05, 4.69) is 9.97 Å². The molecular weight excluding hydrogens is 188 g/mol. The lowest BCUT2D eigenvalue weighted by Gasteiger charge is -2.00. The summed E-state index contributed by atoms with van der Waals surface area (Å²) in [6, 6.07) is 7.85. The summed E-state index contributed by atoms with van der Waals surface area (Å²) in [5.41, 5.74) is 2.90. The van der Waals surface area contributed by atoms with Gasteiger partial charge < -0.3 is 9.97 Å². The van der Waals surface area contributed by atoms with Gasteiger partial charge in [-0.3, -0.25) is 4.79 Å².